The van der Waals surface area contributed by atoms with Crippen LogP contribution in [0, 0.1) is 5.92 Å². The predicted molar refractivity (Wildman–Crippen MR) is 81.6 cm³/mol. The topological polar surface area (TPSA) is 55.4 Å². The summed E-state index contributed by atoms with van der Waals surface area (Å²) >= 11 is 0. The SMILES string of the molecule is CCNC(C1CCCC(S(C)(=O)=O)C1)C1(OC)CCC1. The highest BCUT2D eigenvalue weighted by molar-refractivity contribution is 7.91. The first-order valence-corrected chi connectivity index (χ1v) is 9.86. The molecule has 20 heavy (non-hydrogen) atoms. The predicted octanol–water partition coefficient (Wildman–Crippen LogP) is 2.14. The van der Waals surface area contributed by atoms with Crippen LogP contribution >= 0.6 is 0 Å². The van der Waals surface area contributed by atoms with E-state index < -0.39 is 9.84 Å². The summed E-state index contributed by atoms with van der Waals surface area (Å²) in [6.45, 7) is 3.03. The standard InChI is InChI=1S/C15H29NO3S/c1-4-16-14(15(19-2)9-6-10-15)12-7-5-8-13(11-12)20(3,17)18/h12-14,16H,4-11H2,1-3H3. The van der Waals surface area contributed by atoms with Gasteiger partial charge >= 0.3 is 0 Å². The molecule has 2 saturated carbocycles. The number of methoxy groups -OCH3 is 1. The lowest BCUT2D eigenvalue weighted by Gasteiger charge is -2.51. The van der Waals surface area contributed by atoms with E-state index in [2.05, 4.69) is 12.2 Å². The van der Waals surface area contributed by atoms with Crippen molar-refractivity contribution in [2.45, 2.75) is 68.8 Å². The zero-order valence-corrected chi connectivity index (χ0v) is 13.8. The molecule has 0 spiro atoms. The lowest BCUT2D eigenvalue weighted by atomic mass is 9.67. The number of hydrogen-bond acceptors (Lipinski definition) is 4. The van der Waals surface area contributed by atoms with E-state index in [1.54, 1.807) is 7.11 Å². The van der Waals surface area contributed by atoms with Gasteiger partial charge in [0, 0.05) is 19.4 Å². The Hall–Kier alpha value is -0.130. The summed E-state index contributed by atoms with van der Waals surface area (Å²) in [5.41, 5.74) is -0.0555. The molecule has 2 rings (SSSR count). The van der Waals surface area contributed by atoms with E-state index in [9.17, 15) is 8.42 Å². The average molecular weight is 303 g/mol. The molecular formula is C15H29NO3S. The van der Waals surface area contributed by atoms with Crippen LogP contribution in [-0.4, -0.2) is 45.2 Å². The molecule has 0 aliphatic heterocycles. The third kappa shape index (κ3) is 3.20. The molecule has 0 aromatic rings. The minimum atomic E-state index is -2.92. The van der Waals surface area contributed by atoms with Crippen molar-refractivity contribution in [3.05, 3.63) is 0 Å². The molecule has 0 aromatic heterocycles. The van der Waals surface area contributed by atoms with Gasteiger partial charge in [-0.1, -0.05) is 13.3 Å². The minimum absolute atomic E-state index is 0.0555. The largest absolute Gasteiger partial charge is 0.377 e. The summed E-state index contributed by atoms with van der Waals surface area (Å²) in [6, 6.07) is 0.302. The van der Waals surface area contributed by atoms with Gasteiger partial charge in [0.05, 0.1) is 10.9 Å². The Balaban J connectivity index is 2.13. The summed E-state index contributed by atoms with van der Waals surface area (Å²) < 4.78 is 29.6. The molecule has 4 nitrogen and oxygen atoms in total. The van der Waals surface area contributed by atoms with E-state index in [4.69, 9.17) is 4.74 Å². The van der Waals surface area contributed by atoms with Crippen molar-refractivity contribution in [3.8, 4) is 0 Å². The van der Waals surface area contributed by atoms with Gasteiger partial charge in [-0.15, -0.1) is 0 Å². The van der Waals surface area contributed by atoms with Crippen molar-refractivity contribution in [2.75, 3.05) is 19.9 Å². The number of likely N-dealkylation sites (N-methyl/N-ethyl adjacent to an activating group) is 1. The fraction of sp³-hybridized carbons (Fsp3) is 1.00. The lowest BCUT2D eigenvalue weighted by molar-refractivity contribution is -0.114. The minimum Gasteiger partial charge on any atom is -0.377 e. The van der Waals surface area contributed by atoms with Gasteiger partial charge < -0.3 is 10.1 Å². The van der Waals surface area contributed by atoms with Gasteiger partial charge in [0.1, 0.15) is 9.84 Å². The summed E-state index contributed by atoms with van der Waals surface area (Å²) in [4.78, 5) is 0. The van der Waals surface area contributed by atoms with E-state index in [-0.39, 0.29) is 10.9 Å². The van der Waals surface area contributed by atoms with Gasteiger partial charge in [-0.05, 0) is 51.0 Å². The molecule has 2 aliphatic carbocycles. The maximum Gasteiger partial charge on any atom is 0.150 e. The fourth-order valence-corrected chi connectivity index (χ4v) is 5.23. The third-order valence-electron chi connectivity index (χ3n) is 5.34. The van der Waals surface area contributed by atoms with Crippen LogP contribution in [0.2, 0.25) is 0 Å². The number of hydrogen-bond donors (Lipinski definition) is 1. The van der Waals surface area contributed by atoms with Crippen molar-refractivity contribution < 1.29 is 13.2 Å². The Morgan fingerprint density at radius 2 is 2.00 bits per heavy atom. The highest BCUT2D eigenvalue weighted by atomic mass is 32.2. The molecule has 0 radical (unpaired) electrons. The summed E-state index contributed by atoms with van der Waals surface area (Å²) in [7, 11) is -1.11. The molecular weight excluding hydrogens is 274 g/mol. The van der Waals surface area contributed by atoms with Crippen LogP contribution in [0.5, 0.6) is 0 Å². The molecule has 0 heterocycles. The molecule has 3 unspecified atom stereocenters. The molecule has 2 fully saturated rings. The molecule has 118 valence electrons. The zero-order valence-electron chi connectivity index (χ0n) is 13.0. The van der Waals surface area contributed by atoms with Gasteiger partial charge in [0.25, 0.3) is 0 Å². The van der Waals surface area contributed by atoms with Crippen molar-refractivity contribution in [3.63, 3.8) is 0 Å². The van der Waals surface area contributed by atoms with Gasteiger partial charge in [-0.3, -0.25) is 0 Å². The second-order valence-electron chi connectivity index (χ2n) is 6.54. The molecule has 5 heteroatoms. The van der Waals surface area contributed by atoms with E-state index in [0.29, 0.717) is 12.0 Å². The van der Waals surface area contributed by atoms with Crippen LogP contribution in [0.3, 0.4) is 0 Å². The molecule has 0 saturated heterocycles. The van der Waals surface area contributed by atoms with Crippen molar-refractivity contribution in [1.82, 2.24) is 5.32 Å². The quantitative estimate of drug-likeness (QED) is 0.817. The second kappa shape index (κ2) is 6.32. The molecule has 2 aliphatic rings. The second-order valence-corrected chi connectivity index (χ2v) is 8.86. The van der Waals surface area contributed by atoms with Crippen molar-refractivity contribution in [1.29, 1.82) is 0 Å². The third-order valence-corrected chi connectivity index (χ3v) is 6.98. The number of sulfone groups is 1. The Labute approximate surface area is 123 Å². The van der Waals surface area contributed by atoms with Crippen molar-refractivity contribution >= 4 is 9.84 Å². The van der Waals surface area contributed by atoms with E-state index in [0.717, 1.165) is 45.1 Å². The number of ether oxygens (including phenoxy) is 1. The first-order chi connectivity index (χ1) is 9.43. The maximum atomic E-state index is 11.9. The highest BCUT2D eigenvalue weighted by Gasteiger charge is 2.48. The van der Waals surface area contributed by atoms with Crippen LogP contribution in [0.15, 0.2) is 0 Å². The number of rotatable bonds is 6. The highest BCUT2D eigenvalue weighted by Crippen LogP contribution is 2.44. The van der Waals surface area contributed by atoms with E-state index in [1.807, 2.05) is 0 Å². The maximum absolute atomic E-state index is 11.9. The summed E-state index contributed by atoms with van der Waals surface area (Å²) in [5, 5.41) is 3.44. The first kappa shape index (κ1) is 16.2. The summed E-state index contributed by atoms with van der Waals surface area (Å²) in [5.74, 6) is 0.420. The molecule has 3 atom stereocenters. The monoisotopic (exact) mass is 303 g/mol. The van der Waals surface area contributed by atoms with Crippen LogP contribution < -0.4 is 5.32 Å². The van der Waals surface area contributed by atoms with E-state index >= 15 is 0 Å². The lowest BCUT2D eigenvalue weighted by Crippen LogP contribution is -2.60. The normalized spacial score (nSPS) is 31.6. The Morgan fingerprint density at radius 1 is 1.30 bits per heavy atom. The van der Waals surface area contributed by atoms with Crippen LogP contribution in [0.25, 0.3) is 0 Å². The molecule has 1 N–H and O–H groups in total. The van der Waals surface area contributed by atoms with Gasteiger partial charge in [0.2, 0.25) is 0 Å². The Morgan fingerprint density at radius 3 is 2.45 bits per heavy atom. The number of nitrogens with one attached hydrogen (secondary N) is 1. The Bertz CT molecular complexity index is 411. The van der Waals surface area contributed by atoms with E-state index in [1.165, 1.54) is 12.7 Å². The first-order valence-electron chi connectivity index (χ1n) is 7.90. The van der Waals surface area contributed by atoms with Gasteiger partial charge in [0.15, 0.2) is 0 Å². The van der Waals surface area contributed by atoms with Gasteiger partial charge in [-0.25, -0.2) is 8.42 Å². The van der Waals surface area contributed by atoms with Gasteiger partial charge in [-0.2, -0.15) is 0 Å². The van der Waals surface area contributed by atoms with Crippen molar-refractivity contribution in [2.24, 2.45) is 5.92 Å². The molecule has 0 amide bonds. The average Bonchev–Trinajstić information content (AvgIpc) is 2.36. The summed E-state index contributed by atoms with van der Waals surface area (Å²) in [6.07, 6.45) is 8.56. The molecule has 0 bridgehead atoms. The molecule has 0 aromatic carbocycles. The van der Waals surface area contributed by atoms with Crippen LogP contribution in [0.4, 0.5) is 0 Å². The fourth-order valence-electron chi connectivity index (χ4n) is 4.04. The smallest absolute Gasteiger partial charge is 0.150 e. The Kier molecular flexibility index (Phi) is 5.14. The van der Waals surface area contributed by atoms with Crippen LogP contribution in [0.1, 0.15) is 51.9 Å². The zero-order chi connectivity index (χ0) is 14.8. The van der Waals surface area contributed by atoms with Crippen LogP contribution in [-0.2, 0) is 14.6 Å².